The summed E-state index contributed by atoms with van der Waals surface area (Å²) in [5, 5.41) is 8.17. The maximum atomic E-state index is 12.8. The Bertz CT molecular complexity index is 1350. The van der Waals surface area contributed by atoms with Gasteiger partial charge in [-0.25, -0.2) is 18.7 Å². The number of nitrogens with one attached hydrogen (secondary N) is 1. The average molecular weight is 516 g/mol. The van der Waals surface area contributed by atoms with Crippen LogP contribution in [0.2, 0.25) is 0 Å². The number of sulfone groups is 1. The molecule has 0 radical (unpaired) electrons. The van der Waals surface area contributed by atoms with E-state index in [2.05, 4.69) is 15.7 Å². The minimum Gasteiger partial charge on any atom is -0.350 e. The van der Waals surface area contributed by atoms with Gasteiger partial charge in [-0.3, -0.25) is 9.59 Å². The molecule has 0 bridgehead atoms. The fourth-order valence-electron chi connectivity index (χ4n) is 3.84. The Kier molecular flexibility index (Phi) is 7.67. The number of benzene rings is 1. The van der Waals surface area contributed by atoms with Crippen LogP contribution >= 0.6 is 0 Å². The van der Waals surface area contributed by atoms with Gasteiger partial charge in [-0.15, -0.1) is 0 Å². The van der Waals surface area contributed by atoms with Crippen molar-refractivity contribution < 1.29 is 22.8 Å². The van der Waals surface area contributed by atoms with Crippen LogP contribution in [0.4, 0.5) is 0 Å². The number of hydrogen-bond acceptors (Lipinski definition) is 8. The third-order valence-electron chi connectivity index (χ3n) is 6.40. The van der Waals surface area contributed by atoms with Crippen molar-refractivity contribution in [2.24, 2.45) is 0 Å². The van der Waals surface area contributed by atoms with E-state index in [4.69, 9.17) is 9.57 Å². The number of pyridine rings is 1. The Morgan fingerprint density at radius 1 is 1.17 bits per heavy atom. The van der Waals surface area contributed by atoms with Crippen molar-refractivity contribution in [2.75, 3.05) is 12.9 Å². The number of nitrogens with zero attached hydrogens (tertiary/aromatic N) is 4. The van der Waals surface area contributed by atoms with Gasteiger partial charge in [0, 0.05) is 38.1 Å². The summed E-state index contributed by atoms with van der Waals surface area (Å²) in [5.41, 5.74) is 4.27. The number of hydrogen-bond donors (Lipinski definition) is 1. The SMILES string of the molecule is CC(CCn1ccc(-c2ccc(-n3nccn3)cc2)cc1=O)(C(=O)NOC1CCCCO1)S(C)(=O)=O. The van der Waals surface area contributed by atoms with Crippen molar-refractivity contribution in [3.8, 4) is 16.8 Å². The van der Waals surface area contributed by atoms with Crippen LogP contribution in [0.25, 0.3) is 16.8 Å². The molecule has 192 valence electrons. The highest BCUT2D eigenvalue weighted by molar-refractivity contribution is 7.92. The van der Waals surface area contributed by atoms with E-state index in [1.165, 1.54) is 22.4 Å². The predicted molar refractivity (Wildman–Crippen MR) is 132 cm³/mol. The Morgan fingerprint density at radius 2 is 1.89 bits per heavy atom. The number of aromatic nitrogens is 4. The Labute approximate surface area is 208 Å². The van der Waals surface area contributed by atoms with Crippen LogP contribution in [0.3, 0.4) is 0 Å². The molecule has 0 aliphatic carbocycles. The smallest absolute Gasteiger partial charge is 0.264 e. The largest absolute Gasteiger partial charge is 0.350 e. The van der Waals surface area contributed by atoms with Crippen LogP contribution in [-0.2, 0) is 30.8 Å². The molecule has 1 aromatic carbocycles. The molecule has 1 aliphatic rings. The summed E-state index contributed by atoms with van der Waals surface area (Å²) in [7, 11) is -3.83. The molecule has 11 nitrogen and oxygen atoms in total. The summed E-state index contributed by atoms with van der Waals surface area (Å²) in [5.74, 6) is -0.796. The molecular formula is C24H29N5O6S. The lowest BCUT2D eigenvalue weighted by Gasteiger charge is -2.28. The quantitative estimate of drug-likeness (QED) is 0.427. The molecule has 1 fully saturated rings. The summed E-state index contributed by atoms with van der Waals surface area (Å²) in [6, 6.07) is 10.7. The minimum absolute atomic E-state index is 0.0277. The second-order valence-electron chi connectivity index (χ2n) is 8.91. The van der Waals surface area contributed by atoms with Crippen molar-refractivity contribution in [1.82, 2.24) is 25.0 Å². The first-order chi connectivity index (χ1) is 17.2. The molecule has 1 saturated heterocycles. The number of ether oxygens (including phenoxy) is 1. The highest BCUT2D eigenvalue weighted by Crippen LogP contribution is 2.24. The number of rotatable bonds is 9. The van der Waals surface area contributed by atoms with Gasteiger partial charge in [-0.2, -0.15) is 15.0 Å². The van der Waals surface area contributed by atoms with E-state index in [1.807, 2.05) is 24.3 Å². The first kappa shape index (κ1) is 25.7. The zero-order chi connectivity index (χ0) is 25.8. The number of amides is 1. The summed E-state index contributed by atoms with van der Waals surface area (Å²) < 4.78 is 30.1. The number of carbonyl (C=O) groups excluding carboxylic acids is 1. The maximum absolute atomic E-state index is 12.8. The van der Waals surface area contributed by atoms with E-state index < -0.39 is 26.8 Å². The van der Waals surface area contributed by atoms with Gasteiger partial charge in [0.15, 0.2) is 20.9 Å². The molecule has 0 spiro atoms. The van der Waals surface area contributed by atoms with Crippen molar-refractivity contribution in [1.29, 1.82) is 0 Å². The van der Waals surface area contributed by atoms with E-state index >= 15 is 0 Å². The van der Waals surface area contributed by atoms with Crippen LogP contribution in [0.1, 0.15) is 32.6 Å². The molecule has 2 atom stereocenters. The third kappa shape index (κ3) is 5.72. The van der Waals surface area contributed by atoms with Crippen LogP contribution in [-0.4, -0.2) is 57.8 Å². The van der Waals surface area contributed by atoms with E-state index in [1.54, 1.807) is 24.7 Å². The second-order valence-corrected chi connectivity index (χ2v) is 11.4. The van der Waals surface area contributed by atoms with Gasteiger partial charge in [-0.1, -0.05) is 12.1 Å². The van der Waals surface area contributed by atoms with E-state index in [0.717, 1.165) is 30.3 Å². The van der Waals surface area contributed by atoms with Gasteiger partial charge in [0.1, 0.15) is 0 Å². The predicted octanol–water partition coefficient (Wildman–Crippen LogP) is 1.86. The van der Waals surface area contributed by atoms with Crippen LogP contribution < -0.4 is 11.0 Å². The highest BCUT2D eigenvalue weighted by atomic mass is 32.2. The molecule has 12 heteroatoms. The Morgan fingerprint density at radius 3 is 2.50 bits per heavy atom. The molecule has 36 heavy (non-hydrogen) atoms. The number of hydroxylamine groups is 1. The standard InChI is InChI=1S/C24H29N5O6S/c1-24(36(2,32)33,23(31)27-35-22-5-3-4-16-34-22)11-15-28-14-10-19(17-21(28)30)18-6-8-20(9-7-18)29-25-12-13-26-29/h6-10,12-14,17,22H,3-5,11,15-16H2,1-2H3,(H,27,31). The lowest BCUT2D eigenvalue weighted by molar-refractivity contribution is -0.201. The summed E-state index contributed by atoms with van der Waals surface area (Å²) >= 11 is 0. The molecule has 4 rings (SSSR count). The van der Waals surface area contributed by atoms with Crippen molar-refractivity contribution in [3.05, 3.63) is 65.3 Å². The minimum atomic E-state index is -3.83. The summed E-state index contributed by atoms with van der Waals surface area (Å²) in [6.07, 6.45) is 7.47. The molecule has 3 heterocycles. The summed E-state index contributed by atoms with van der Waals surface area (Å²) in [6.45, 7) is 1.88. The highest BCUT2D eigenvalue weighted by Gasteiger charge is 2.44. The molecule has 1 aliphatic heterocycles. The van der Waals surface area contributed by atoms with Crippen LogP contribution in [0, 0.1) is 0 Å². The molecule has 3 aromatic rings. The zero-order valence-electron chi connectivity index (χ0n) is 20.2. The Hall–Kier alpha value is -3.35. The fraction of sp³-hybridized carbons (Fsp3) is 0.417. The van der Waals surface area contributed by atoms with Crippen molar-refractivity contribution in [3.63, 3.8) is 0 Å². The van der Waals surface area contributed by atoms with Crippen molar-refractivity contribution in [2.45, 2.75) is 50.2 Å². The van der Waals surface area contributed by atoms with E-state index in [9.17, 15) is 18.0 Å². The monoisotopic (exact) mass is 515 g/mol. The van der Waals surface area contributed by atoms with Gasteiger partial charge in [0.05, 0.1) is 18.1 Å². The molecule has 1 N–H and O–H groups in total. The molecule has 2 unspecified atom stereocenters. The van der Waals surface area contributed by atoms with Gasteiger partial charge < -0.3 is 9.30 Å². The van der Waals surface area contributed by atoms with Gasteiger partial charge in [0.25, 0.3) is 11.5 Å². The van der Waals surface area contributed by atoms with E-state index in [0.29, 0.717) is 18.6 Å². The third-order valence-corrected chi connectivity index (χ3v) is 8.42. The lowest BCUT2D eigenvalue weighted by Crippen LogP contribution is -2.51. The van der Waals surface area contributed by atoms with Crippen LogP contribution in [0.5, 0.6) is 0 Å². The van der Waals surface area contributed by atoms with Gasteiger partial charge in [0.2, 0.25) is 0 Å². The lowest BCUT2D eigenvalue weighted by atomic mass is 10.1. The molecular weight excluding hydrogens is 486 g/mol. The van der Waals surface area contributed by atoms with Gasteiger partial charge in [-0.05, 0) is 55.5 Å². The first-order valence-electron chi connectivity index (χ1n) is 11.6. The maximum Gasteiger partial charge on any atom is 0.264 e. The topological polar surface area (TPSA) is 134 Å². The molecule has 2 aromatic heterocycles. The number of carbonyl (C=O) groups is 1. The molecule has 0 saturated carbocycles. The number of aryl methyl sites for hydroxylation is 1. The fourth-order valence-corrected chi connectivity index (χ4v) is 4.68. The average Bonchev–Trinajstić information content (AvgIpc) is 3.41. The zero-order valence-corrected chi connectivity index (χ0v) is 21.0. The second kappa shape index (κ2) is 10.7. The normalized spacial score (nSPS) is 17.9. The Balaban J connectivity index is 1.44. The van der Waals surface area contributed by atoms with Gasteiger partial charge >= 0.3 is 0 Å². The van der Waals surface area contributed by atoms with Crippen LogP contribution in [0.15, 0.2) is 59.8 Å². The summed E-state index contributed by atoms with van der Waals surface area (Å²) in [4.78, 5) is 32.4. The van der Waals surface area contributed by atoms with E-state index in [-0.39, 0.29) is 18.5 Å². The molecule has 1 amide bonds. The van der Waals surface area contributed by atoms with Crippen molar-refractivity contribution >= 4 is 15.7 Å². The first-order valence-corrected chi connectivity index (χ1v) is 13.5.